The Labute approximate surface area is 229 Å². The van der Waals surface area contributed by atoms with Gasteiger partial charge in [0.05, 0.1) is 34.1 Å². The van der Waals surface area contributed by atoms with E-state index in [0.29, 0.717) is 39.2 Å². The molecule has 4 rings (SSSR count). The number of benzene rings is 2. The van der Waals surface area contributed by atoms with Crippen molar-refractivity contribution in [2.75, 3.05) is 0 Å². The van der Waals surface area contributed by atoms with E-state index in [1.165, 1.54) is 0 Å². The number of aliphatic hydroxyl groups is 1. The third-order valence-electron chi connectivity index (χ3n) is 5.60. The average molecular weight is 508 g/mol. The first-order chi connectivity index (χ1) is 15.9. The van der Waals surface area contributed by atoms with Gasteiger partial charge in [0.1, 0.15) is 5.82 Å². The first-order valence-electron chi connectivity index (χ1n) is 10.7. The molecule has 2 N–H and O–H groups in total. The van der Waals surface area contributed by atoms with Gasteiger partial charge in [-0.15, -0.1) is 0 Å². The van der Waals surface area contributed by atoms with Crippen molar-refractivity contribution in [1.82, 2.24) is 14.5 Å². The van der Waals surface area contributed by atoms with Crippen molar-refractivity contribution >= 4 is 69.6 Å². The number of aromatic nitrogens is 3. The summed E-state index contributed by atoms with van der Waals surface area (Å²) in [4.78, 5) is 20.7. The predicted octanol–water partition coefficient (Wildman–Crippen LogP) is 5.34. The molecule has 0 saturated heterocycles. The number of carbonyl (C=O) groups is 1. The van der Waals surface area contributed by atoms with Gasteiger partial charge in [-0.2, -0.15) is 0 Å². The number of pyridine rings is 1. The number of unbranched alkanes of at least 4 members (excludes halogenated alkanes) is 1. The Morgan fingerprint density at radius 3 is 2.56 bits per heavy atom. The van der Waals surface area contributed by atoms with Crippen LogP contribution in [0, 0.1) is 0 Å². The fraction of sp³-hybridized carbons (Fsp3) is 0.240. The van der Waals surface area contributed by atoms with Crippen molar-refractivity contribution in [1.29, 1.82) is 0 Å². The van der Waals surface area contributed by atoms with Gasteiger partial charge in [-0.25, -0.2) is 14.8 Å². The molecule has 2 aromatic carbocycles. The Morgan fingerprint density at radius 1 is 1.09 bits per heavy atom. The third-order valence-corrected chi connectivity index (χ3v) is 6.22. The van der Waals surface area contributed by atoms with Crippen LogP contribution in [-0.4, -0.2) is 60.3 Å². The van der Waals surface area contributed by atoms with E-state index >= 15 is 0 Å². The molecule has 0 saturated carbocycles. The van der Waals surface area contributed by atoms with E-state index in [2.05, 4.69) is 16.9 Å². The fourth-order valence-corrected chi connectivity index (χ4v) is 4.43. The topological polar surface area (TPSA) is 88.2 Å². The molecule has 2 heterocycles. The molecule has 0 aliphatic rings. The zero-order valence-corrected chi connectivity index (χ0v) is 19.6. The number of halogens is 2. The van der Waals surface area contributed by atoms with Gasteiger partial charge in [0.2, 0.25) is 0 Å². The summed E-state index contributed by atoms with van der Waals surface area (Å²) < 4.78 is 1.96. The zero-order valence-electron chi connectivity index (χ0n) is 18.1. The summed E-state index contributed by atoms with van der Waals surface area (Å²) in [5.41, 5.74) is 3.41. The van der Waals surface area contributed by atoms with E-state index < -0.39 is 5.97 Å². The van der Waals surface area contributed by atoms with Gasteiger partial charge in [0, 0.05) is 23.9 Å². The quantitative estimate of drug-likeness (QED) is 0.314. The Balaban J connectivity index is 0.00000324. The molecule has 9 heteroatoms. The molecule has 0 radical (unpaired) electrons. The summed E-state index contributed by atoms with van der Waals surface area (Å²) in [5, 5.41) is 20.9. The van der Waals surface area contributed by atoms with Crippen molar-refractivity contribution in [3.63, 3.8) is 0 Å². The van der Waals surface area contributed by atoms with E-state index in [1.807, 2.05) is 22.8 Å². The van der Waals surface area contributed by atoms with Gasteiger partial charge < -0.3 is 14.8 Å². The number of aryl methyl sites for hydroxylation is 1. The summed E-state index contributed by atoms with van der Waals surface area (Å²) in [6.07, 6.45) is 2.79. The van der Waals surface area contributed by atoms with E-state index in [0.717, 1.165) is 36.0 Å². The molecule has 4 aromatic rings. The van der Waals surface area contributed by atoms with Crippen molar-refractivity contribution < 1.29 is 15.0 Å². The first kappa shape index (κ1) is 26.7. The zero-order chi connectivity index (χ0) is 23.5. The number of carboxylic acids is 1. The molecule has 0 amide bonds. The molecule has 2 aromatic heterocycles. The minimum absolute atomic E-state index is 0. The van der Waals surface area contributed by atoms with Gasteiger partial charge in [0.25, 0.3) is 0 Å². The molecule has 0 aliphatic heterocycles. The number of rotatable bonds is 8. The Kier molecular flexibility index (Phi) is 9.15. The Hall–Kier alpha value is -1.93. The maximum atomic E-state index is 11.6. The molecular formula is C25H24Cl2N3NaO3. The van der Waals surface area contributed by atoms with Crippen LogP contribution >= 0.6 is 23.2 Å². The number of aliphatic hydroxyl groups excluding tert-OH is 1. The summed E-state index contributed by atoms with van der Waals surface area (Å²) in [6, 6.07) is 14.2. The molecule has 0 aliphatic carbocycles. The number of carboxylic acid groups (broad SMARTS) is 1. The van der Waals surface area contributed by atoms with E-state index in [9.17, 15) is 15.0 Å². The molecule has 0 fully saturated rings. The first-order valence-corrected chi connectivity index (χ1v) is 11.4. The van der Waals surface area contributed by atoms with Crippen molar-refractivity contribution in [3.8, 4) is 11.3 Å². The predicted molar refractivity (Wildman–Crippen MR) is 137 cm³/mol. The molecular weight excluding hydrogens is 484 g/mol. The summed E-state index contributed by atoms with van der Waals surface area (Å²) in [6.45, 7) is 2.41. The van der Waals surface area contributed by atoms with Crippen molar-refractivity contribution in [3.05, 3.63) is 81.4 Å². The van der Waals surface area contributed by atoms with Crippen LogP contribution in [0.15, 0.2) is 48.5 Å². The second kappa shape index (κ2) is 11.7. The van der Waals surface area contributed by atoms with E-state index in [1.54, 1.807) is 30.3 Å². The third kappa shape index (κ3) is 5.48. The summed E-state index contributed by atoms with van der Waals surface area (Å²) in [7, 11) is 0. The summed E-state index contributed by atoms with van der Waals surface area (Å²) in [5.74, 6) is -0.174. The van der Waals surface area contributed by atoms with Gasteiger partial charge in [-0.05, 0) is 36.2 Å². The van der Waals surface area contributed by atoms with Crippen molar-refractivity contribution in [2.45, 2.75) is 39.3 Å². The molecule has 34 heavy (non-hydrogen) atoms. The van der Waals surface area contributed by atoms with Gasteiger partial charge >= 0.3 is 35.5 Å². The minimum atomic E-state index is -1.02. The number of hydrogen-bond acceptors (Lipinski definition) is 4. The monoisotopic (exact) mass is 507 g/mol. The molecule has 6 nitrogen and oxygen atoms in total. The van der Waals surface area contributed by atoms with Crippen LogP contribution in [0.4, 0.5) is 0 Å². The van der Waals surface area contributed by atoms with Gasteiger partial charge in [0.15, 0.2) is 5.15 Å². The van der Waals surface area contributed by atoms with Crippen LogP contribution in [-0.2, 0) is 19.6 Å². The van der Waals surface area contributed by atoms with Gasteiger partial charge in [-0.1, -0.05) is 60.8 Å². The Bertz CT molecular complexity index is 1340. The SMILES string of the molecule is CCCCc1nc(Cl)c(CO)n1Cc1ccc2nc(-c3ccccc3C(=O)O)cc(Cl)c2c1.[NaH]. The Morgan fingerprint density at radius 2 is 1.85 bits per heavy atom. The molecule has 0 unspecified atom stereocenters. The van der Waals surface area contributed by atoms with Crippen LogP contribution in [0.5, 0.6) is 0 Å². The van der Waals surface area contributed by atoms with Crippen LogP contribution in [0.25, 0.3) is 22.2 Å². The second-order valence-corrected chi connectivity index (χ2v) is 8.57. The number of hydrogen-bond donors (Lipinski definition) is 2. The summed E-state index contributed by atoms with van der Waals surface area (Å²) >= 11 is 12.9. The van der Waals surface area contributed by atoms with Crippen LogP contribution in [0.1, 0.15) is 47.2 Å². The number of imidazole rings is 1. The van der Waals surface area contributed by atoms with E-state index in [4.69, 9.17) is 23.2 Å². The molecule has 0 atom stereocenters. The number of aromatic carboxylic acids is 1. The van der Waals surface area contributed by atoms with Crippen LogP contribution in [0.3, 0.4) is 0 Å². The maximum absolute atomic E-state index is 11.6. The fourth-order valence-electron chi connectivity index (χ4n) is 3.91. The standard InChI is InChI=1S/C25H23Cl2N3O3.Na.H/c1-2-3-8-23-29-24(27)22(14-31)30(23)13-15-9-10-20-18(11-15)19(26)12-21(28-20)16-6-4-5-7-17(16)25(32)33;;/h4-7,9-12,31H,2-3,8,13-14H2,1H3,(H,32,33);;. The van der Waals surface area contributed by atoms with Crippen LogP contribution < -0.4 is 0 Å². The average Bonchev–Trinajstić information content (AvgIpc) is 3.11. The number of fused-ring (bicyclic) bond motifs is 1. The molecule has 172 valence electrons. The normalized spacial score (nSPS) is 10.9. The van der Waals surface area contributed by atoms with E-state index in [-0.39, 0.29) is 41.7 Å². The second-order valence-electron chi connectivity index (χ2n) is 7.80. The van der Waals surface area contributed by atoms with Crippen LogP contribution in [0.2, 0.25) is 10.2 Å². The number of nitrogens with zero attached hydrogens (tertiary/aromatic N) is 3. The van der Waals surface area contributed by atoms with Crippen molar-refractivity contribution in [2.24, 2.45) is 0 Å². The molecule has 0 spiro atoms. The van der Waals surface area contributed by atoms with Gasteiger partial charge in [-0.3, -0.25) is 0 Å². The molecule has 0 bridgehead atoms.